The molecule has 0 aromatic carbocycles. The van der Waals surface area contributed by atoms with E-state index in [0.717, 1.165) is 13.0 Å². The van der Waals surface area contributed by atoms with Gasteiger partial charge in [-0.3, -0.25) is 14.5 Å². The number of carbonyl (C=O) groups excluding carboxylic acids is 2. The largest absolute Gasteiger partial charge is 0.369 e. The van der Waals surface area contributed by atoms with E-state index in [9.17, 15) is 9.59 Å². The van der Waals surface area contributed by atoms with Gasteiger partial charge >= 0.3 is 0 Å². The molecule has 0 aromatic rings. The summed E-state index contributed by atoms with van der Waals surface area (Å²) in [5.74, 6) is 0.153. The molecule has 0 spiro atoms. The molecule has 6 nitrogen and oxygen atoms in total. The lowest BCUT2D eigenvalue weighted by Gasteiger charge is -2.24. The topological polar surface area (TPSA) is 92.7 Å². The molecule has 112 valence electrons. The van der Waals surface area contributed by atoms with Crippen LogP contribution in [0.4, 0.5) is 0 Å². The number of hydrogen-bond acceptors (Lipinski definition) is 4. The van der Waals surface area contributed by atoms with E-state index in [1.165, 1.54) is 0 Å². The summed E-state index contributed by atoms with van der Waals surface area (Å²) in [7, 11) is 1.78. The first-order valence-corrected chi connectivity index (χ1v) is 6.81. The monoisotopic (exact) mass is 272 g/mol. The number of nitrogens with zero attached hydrogens (tertiary/aromatic N) is 2. The average molecular weight is 272 g/mol. The zero-order valence-corrected chi connectivity index (χ0v) is 12.4. The highest BCUT2D eigenvalue weighted by molar-refractivity contribution is 5.77. The molecule has 0 aliphatic heterocycles. The number of rotatable bonds is 10. The van der Waals surface area contributed by atoms with Gasteiger partial charge in [0, 0.05) is 33.1 Å². The predicted octanol–water partition coefficient (Wildman–Crippen LogP) is -0.373. The molecule has 0 fully saturated rings. The number of nitrogens with two attached hydrogens (primary N) is 2. The Morgan fingerprint density at radius 2 is 1.84 bits per heavy atom. The van der Waals surface area contributed by atoms with Crippen LogP contribution >= 0.6 is 0 Å². The van der Waals surface area contributed by atoms with E-state index in [2.05, 4.69) is 13.8 Å². The van der Waals surface area contributed by atoms with Gasteiger partial charge in [-0.25, -0.2) is 0 Å². The van der Waals surface area contributed by atoms with Gasteiger partial charge in [-0.05, 0) is 18.9 Å². The predicted molar refractivity (Wildman–Crippen MR) is 76.4 cm³/mol. The van der Waals surface area contributed by atoms with Gasteiger partial charge in [0.05, 0.1) is 6.54 Å². The number of carbonyl (C=O) groups is 2. The summed E-state index contributed by atoms with van der Waals surface area (Å²) in [4.78, 5) is 26.5. The van der Waals surface area contributed by atoms with Gasteiger partial charge in [0.1, 0.15) is 0 Å². The second-order valence-corrected chi connectivity index (χ2v) is 5.30. The minimum atomic E-state index is -0.357. The maximum absolute atomic E-state index is 11.9. The van der Waals surface area contributed by atoms with Crippen LogP contribution < -0.4 is 11.5 Å². The van der Waals surface area contributed by atoms with E-state index in [1.807, 2.05) is 4.90 Å². The van der Waals surface area contributed by atoms with Crippen molar-refractivity contribution in [3.05, 3.63) is 0 Å². The number of amides is 2. The van der Waals surface area contributed by atoms with Crippen molar-refractivity contribution in [2.24, 2.45) is 17.4 Å². The van der Waals surface area contributed by atoms with Gasteiger partial charge in [-0.2, -0.15) is 0 Å². The fourth-order valence-corrected chi connectivity index (χ4v) is 1.87. The van der Waals surface area contributed by atoms with E-state index < -0.39 is 0 Å². The Kier molecular flexibility index (Phi) is 9.16. The van der Waals surface area contributed by atoms with Crippen molar-refractivity contribution in [2.45, 2.75) is 26.7 Å². The minimum absolute atomic E-state index is 0.0756. The van der Waals surface area contributed by atoms with Gasteiger partial charge in [0.15, 0.2) is 0 Å². The molecule has 0 bridgehead atoms. The molecule has 0 rings (SSSR count). The summed E-state index contributed by atoms with van der Waals surface area (Å²) in [6, 6.07) is 0. The molecular weight excluding hydrogens is 244 g/mol. The van der Waals surface area contributed by atoms with Gasteiger partial charge in [-0.15, -0.1) is 0 Å². The molecule has 0 aliphatic rings. The molecule has 0 aromatic heterocycles. The zero-order valence-electron chi connectivity index (χ0n) is 12.4. The normalized spacial score (nSPS) is 11.1. The Hall–Kier alpha value is -1.14. The third-order valence-electron chi connectivity index (χ3n) is 2.77. The van der Waals surface area contributed by atoms with Crippen LogP contribution in [0.1, 0.15) is 26.7 Å². The van der Waals surface area contributed by atoms with Gasteiger partial charge < -0.3 is 16.4 Å². The molecular formula is C13H28N4O2. The second-order valence-electron chi connectivity index (χ2n) is 5.30. The Labute approximate surface area is 116 Å². The Morgan fingerprint density at radius 3 is 2.32 bits per heavy atom. The van der Waals surface area contributed by atoms with Crippen molar-refractivity contribution in [1.29, 1.82) is 0 Å². The molecule has 0 unspecified atom stereocenters. The summed E-state index contributed by atoms with van der Waals surface area (Å²) < 4.78 is 0. The quantitative estimate of drug-likeness (QED) is 0.567. The van der Waals surface area contributed by atoms with Gasteiger partial charge in [0.25, 0.3) is 0 Å². The summed E-state index contributed by atoms with van der Waals surface area (Å²) in [5.41, 5.74) is 10.6. The molecule has 0 radical (unpaired) electrons. The first-order chi connectivity index (χ1) is 8.86. The first kappa shape index (κ1) is 17.9. The highest BCUT2D eigenvalue weighted by Gasteiger charge is 2.14. The lowest BCUT2D eigenvalue weighted by Crippen LogP contribution is -2.39. The van der Waals surface area contributed by atoms with Crippen LogP contribution in [0.5, 0.6) is 0 Å². The van der Waals surface area contributed by atoms with E-state index in [4.69, 9.17) is 11.5 Å². The molecule has 0 heterocycles. The zero-order chi connectivity index (χ0) is 14.8. The molecule has 2 amide bonds. The summed E-state index contributed by atoms with van der Waals surface area (Å²) in [5, 5.41) is 0. The molecule has 6 heteroatoms. The van der Waals surface area contributed by atoms with Crippen LogP contribution in [0.2, 0.25) is 0 Å². The first-order valence-electron chi connectivity index (χ1n) is 6.81. The molecule has 19 heavy (non-hydrogen) atoms. The van der Waals surface area contributed by atoms with Crippen molar-refractivity contribution in [3.8, 4) is 0 Å². The van der Waals surface area contributed by atoms with Crippen molar-refractivity contribution in [1.82, 2.24) is 9.80 Å². The maximum Gasteiger partial charge on any atom is 0.231 e. The van der Waals surface area contributed by atoms with Gasteiger partial charge in [-0.1, -0.05) is 13.8 Å². The van der Waals surface area contributed by atoms with Crippen LogP contribution in [0.25, 0.3) is 0 Å². The van der Waals surface area contributed by atoms with Crippen LogP contribution in [0.3, 0.4) is 0 Å². The third kappa shape index (κ3) is 9.44. The Bertz CT molecular complexity index is 282. The summed E-state index contributed by atoms with van der Waals surface area (Å²) in [6.45, 7) is 6.94. The SMILES string of the molecule is CC(C)CN(CCC(=O)N(C)CCCN)CC(N)=O. The van der Waals surface area contributed by atoms with Crippen LogP contribution in [0, 0.1) is 5.92 Å². The molecule has 0 aliphatic carbocycles. The molecule has 0 atom stereocenters. The number of primary amides is 1. The highest BCUT2D eigenvalue weighted by atomic mass is 16.2. The molecule has 4 N–H and O–H groups in total. The number of hydrogen-bond donors (Lipinski definition) is 2. The van der Waals surface area contributed by atoms with Crippen LogP contribution in [0.15, 0.2) is 0 Å². The van der Waals surface area contributed by atoms with Crippen molar-refractivity contribution in [2.75, 3.05) is 39.8 Å². The average Bonchev–Trinajstić information content (AvgIpc) is 2.31. The molecule has 0 saturated heterocycles. The standard InChI is InChI=1S/C13H28N4O2/c1-11(2)9-17(10-12(15)18)8-5-13(19)16(3)7-4-6-14/h11H,4-10,14H2,1-3H3,(H2,15,18). The van der Waals surface area contributed by atoms with Crippen LogP contribution in [-0.4, -0.2) is 61.4 Å². The van der Waals surface area contributed by atoms with Crippen molar-refractivity contribution in [3.63, 3.8) is 0 Å². The maximum atomic E-state index is 11.9. The summed E-state index contributed by atoms with van der Waals surface area (Å²) in [6.07, 6.45) is 1.21. The fraction of sp³-hybridized carbons (Fsp3) is 0.846. The fourth-order valence-electron chi connectivity index (χ4n) is 1.87. The van der Waals surface area contributed by atoms with E-state index in [1.54, 1.807) is 11.9 Å². The summed E-state index contributed by atoms with van der Waals surface area (Å²) >= 11 is 0. The molecule has 0 saturated carbocycles. The third-order valence-corrected chi connectivity index (χ3v) is 2.77. The lowest BCUT2D eigenvalue weighted by atomic mass is 10.2. The van der Waals surface area contributed by atoms with E-state index in [0.29, 0.717) is 32.0 Å². The Balaban J connectivity index is 4.14. The minimum Gasteiger partial charge on any atom is -0.369 e. The van der Waals surface area contributed by atoms with E-state index >= 15 is 0 Å². The highest BCUT2D eigenvalue weighted by Crippen LogP contribution is 2.01. The van der Waals surface area contributed by atoms with E-state index in [-0.39, 0.29) is 18.4 Å². The smallest absolute Gasteiger partial charge is 0.231 e. The van der Waals surface area contributed by atoms with Crippen molar-refractivity contribution >= 4 is 11.8 Å². The Morgan fingerprint density at radius 1 is 1.21 bits per heavy atom. The second kappa shape index (κ2) is 9.75. The van der Waals surface area contributed by atoms with Crippen LogP contribution in [-0.2, 0) is 9.59 Å². The lowest BCUT2D eigenvalue weighted by molar-refractivity contribution is -0.130. The van der Waals surface area contributed by atoms with Gasteiger partial charge in [0.2, 0.25) is 11.8 Å². The van der Waals surface area contributed by atoms with Crippen molar-refractivity contribution < 1.29 is 9.59 Å².